The fourth-order valence-corrected chi connectivity index (χ4v) is 4.05. The summed E-state index contributed by atoms with van der Waals surface area (Å²) in [5, 5.41) is 12.6. The quantitative estimate of drug-likeness (QED) is 0.760. The molecule has 8 heteroatoms. The molecule has 7 nitrogen and oxygen atoms in total. The van der Waals surface area contributed by atoms with E-state index in [2.05, 4.69) is 15.3 Å². The van der Waals surface area contributed by atoms with Crippen LogP contribution in [0, 0.1) is 5.82 Å². The van der Waals surface area contributed by atoms with E-state index in [1.165, 1.54) is 18.3 Å². The summed E-state index contributed by atoms with van der Waals surface area (Å²) in [6.07, 6.45) is 6.11. The molecule has 0 spiro atoms. The van der Waals surface area contributed by atoms with Crippen LogP contribution in [0.15, 0.2) is 30.5 Å². The van der Waals surface area contributed by atoms with Gasteiger partial charge in [0.25, 0.3) is 0 Å². The number of urea groups is 1. The lowest BCUT2D eigenvalue weighted by atomic mass is 10.0. The molecule has 1 aromatic carbocycles. The Hall–Kier alpha value is -2.90. The topological polar surface area (TPSA) is 81.6 Å². The lowest BCUT2D eigenvalue weighted by Gasteiger charge is -2.39. The van der Waals surface area contributed by atoms with Crippen molar-refractivity contribution in [1.29, 1.82) is 0 Å². The fourth-order valence-electron chi connectivity index (χ4n) is 4.05. The number of amides is 2. The van der Waals surface area contributed by atoms with Crippen LogP contribution in [-0.4, -0.2) is 51.2 Å². The largest absolute Gasteiger partial charge is 0.493 e. The Morgan fingerprint density at radius 1 is 1.30 bits per heavy atom. The van der Waals surface area contributed by atoms with Gasteiger partial charge in [-0.15, -0.1) is 0 Å². The first kappa shape index (κ1) is 20.4. The molecule has 160 valence electrons. The van der Waals surface area contributed by atoms with Crippen molar-refractivity contribution in [1.82, 2.24) is 20.2 Å². The Bertz CT molecular complexity index is 905. The second-order valence-corrected chi connectivity index (χ2v) is 8.03. The Morgan fingerprint density at radius 3 is 2.83 bits per heavy atom. The van der Waals surface area contributed by atoms with Crippen LogP contribution in [0.25, 0.3) is 0 Å². The zero-order chi connectivity index (χ0) is 21.1. The van der Waals surface area contributed by atoms with Gasteiger partial charge in [-0.3, -0.25) is 0 Å². The third-order valence-electron chi connectivity index (χ3n) is 5.83. The van der Waals surface area contributed by atoms with Gasteiger partial charge in [0, 0.05) is 43.5 Å². The molecule has 0 radical (unpaired) electrons. The summed E-state index contributed by atoms with van der Waals surface area (Å²) < 4.78 is 14.3. The highest BCUT2D eigenvalue weighted by Gasteiger charge is 2.39. The minimum absolute atomic E-state index is 0.0320. The summed E-state index contributed by atoms with van der Waals surface area (Å²) in [7, 11) is 0. The number of nitrogens with one attached hydrogen (secondary N) is 1. The standard InChI is InChI=1S/C22H28FN5O2/c1-2-15-5-6-16(19(23)12-15)13-25-22(30)28(17-7-8-17)18-4-3-11-27(14-18)21-24-10-9-20(29)26-21/h5-6,9-10,12,17-18H,2-4,7-8,11,13-14H2,1H3,(H,25,30)(H,24,26,29)/t18-/m1/s1. The predicted molar refractivity (Wildman–Crippen MR) is 112 cm³/mol. The molecule has 2 N–H and O–H groups in total. The van der Waals surface area contributed by atoms with Crippen LogP contribution in [0.4, 0.5) is 15.1 Å². The van der Waals surface area contributed by atoms with E-state index in [0.717, 1.165) is 44.2 Å². The maximum absolute atomic E-state index is 14.3. The van der Waals surface area contributed by atoms with Gasteiger partial charge in [0.2, 0.25) is 11.8 Å². The van der Waals surface area contributed by atoms with Gasteiger partial charge in [-0.2, -0.15) is 4.98 Å². The van der Waals surface area contributed by atoms with Crippen molar-refractivity contribution in [2.75, 3.05) is 18.0 Å². The van der Waals surface area contributed by atoms with E-state index in [9.17, 15) is 14.3 Å². The Balaban J connectivity index is 1.42. The van der Waals surface area contributed by atoms with Gasteiger partial charge in [0.1, 0.15) is 5.82 Å². The van der Waals surface area contributed by atoms with Crippen molar-refractivity contribution >= 4 is 12.0 Å². The van der Waals surface area contributed by atoms with Gasteiger partial charge in [-0.05, 0) is 43.7 Å². The lowest BCUT2D eigenvalue weighted by molar-refractivity contribution is 0.160. The highest BCUT2D eigenvalue weighted by molar-refractivity contribution is 5.75. The molecule has 30 heavy (non-hydrogen) atoms. The number of hydrogen-bond donors (Lipinski definition) is 2. The summed E-state index contributed by atoms with van der Waals surface area (Å²) >= 11 is 0. The SMILES string of the molecule is CCc1ccc(CNC(=O)N(C2CC2)[C@@H]2CCCN(c3nccc(O)n3)C2)c(F)c1. The zero-order valence-electron chi connectivity index (χ0n) is 17.2. The van der Waals surface area contributed by atoms with Crippen LogP contribution >= 0.6 is 0 Å². The Labute approximate surface area is 175 Å². The number of aromatic hydroxyl groups is 1. The zero-order valence-corrected chi connectivity index (χ0v) is 17.2. The van der Waals surface area contributed by atoms with Crippen molar-refractivity contribution in [2.24, 2.45) is 0 Å². The van der Waals surface area contributed by atoms with E-state index < -0.39 is 0 Å². The summed E-state index contributed by atoms with van der Waals surface area (Å²) in [6.45, 7) is 3.56. The molecule has 1 saturated heterocycles. The number of rotatable bonds is 6. The van der Waals surface area contributed by atoms with Crippen LogP contribution in [-0.2, 0) is 13.0 Å². The van der Waals surface area contributed by atoms with Gasteiger partial charge >= 0.3 is 6.03 Å². The van der Waals surface area contributed by atoms with E-state index >= 15 is 0 Å². The van der Waals surface area contributed by atoms with Gasteiger partial charge in [0.15, 0.2) is 0 Å². The van der Waals surface area contributed by atoms with E-state index in [-0.39, 0.29) is 36.4 Å². The molecule has 2 amide bonds. The predicted octanol–water partition coefficient (Wildman–Crippen LogP) is 3.23. The first-order valence-electron chi connectivity index (χ1n) is 10.7. The van der Waals surface area contributed by atoms with Gasteiger partial charge in [-0.1, -0.05) is 19.1 Å². The van der Waals surface area contributed by atoms with Crippen LogP contribution < -0.4 is 10.2 Å². The van der Waals surface area contributed by atoms with Crippen molar-refractivity contribution in [3.63, 3.8) is 0 Å². The monoisotopic (exact) mass is 413 g/mol. The molecule has 0 unspecified atom stereocenters. The van der Waals surface area contributed by atoms with Crippen molar-refractivity contribution in [3.8, 4) is 5.88 Å². The first-order chi connectivity index (χ1) is 14.5. The highest BCUT2D eigenvalue weighted by Crippen LogP contribution is 2.32. The molecule has 1 aliphatic heterocycles. The normalized spacial score (nSPS) is 18.9. The average molecular weight is 413 g/mol. The van der Waals surface area contributed by atoms with Crippen LogP contribution in [0.2, 0.25) is 0 Å². The first-order valence-corrected chi connectivity index (χ1v) is 10.7. The van der Waals surface area contributed by atoms with Crippen LogP contribution in [0.1, 0.15) is 43.7 Å². The lowest BCUT2D eigenvalue weighted by Crippen LogP contribution is -2.54. The van der Waals surface area contributed by atoms with Gasteiger partial charge < -0.3 is 20.2 Å². The molecule has 2 aromatic rings. The maximum Gasteiger partial charge on any atom is 0.318 e. The van der Waals surface area contributed by atoms with E-state index in [0.29, 0.717) is 18.1 Å². The number of aryl methyl sites for hydroxylation is 1. The Kier molecular flexibility index (Phi) is 6.01. The van der Waals surface area contributed by atoms with Gasteiger partial charge in [-0.25, -0.2) is 14.2 Å². The second-order valence-electron chi connectivity index (χ2n) is 8.03. The molecule has 2 aliphatic rings. The Morgan fingerprint density at radius 2 is 2.13 bits per heavy atom. The van der Waals surface area contributed by atoms with Crippen LogP contribution in [0.3, 0.4) is 0 Å². The van der Waals surface area contributed by atoms with Gasteiger partial charge in [0.05, 0.1) is 6.04 Å². The van der Waals surface area contributed by atoms with Crippen LogP contribution in [0.5, 0.6) is 5.88 Å². The number of nitrogens with zero attached hydrogens (tertiary/aromatic N) is 4. The summed E-state index contributed by atoms with van der Waals surface area (Å²) in [5.74, 6) is 0.140. The molecule has 4 rings (SSSR count). The molecule has 1 aliphatic carbocycles. The third kappa shape index (κ3) is 4.63. The number of hydrogen-bond acceptors (Lipinski definition) is 5. The number of carbonyl (C=O) groups is 1. The van der Waals surface area contributed by atoms with E-state index in [1.54, 1.807) is 6.07 Å². The third-order valence-corrected chi connectivity index (χ3v) is 5.83. The summed E-state index contributed by atoms with van der Waals surface area (Å²) in [6, 6.07) is 6.74. The molecule has 1 saturated carbocycles. The average Bonchev–Trinajstić information content (AvgIpc) is 3.58. The molecule has 0 bridgehead atoms. The van der Waals surface area contributed by atoms with Crippen molar-refractivity contribution in [2.45, 2.75) is 57.7 Å². The maximum atomic E-state index is 14.3. The number of carbonyl (C=O) groups excluding carboxylic acids is 1. The fraction of sp³-hybridized carbons (Fsp3) is 0.500. The second kappa shape index (κ2) is 8.85. The molecular weight excluding hydrogens is 385 g/mol. The molecular formula is C22H28FN5O2. The summed E-state index contributed by atoms with van der Waals surface area (Å²) in [5.41, 5.74) is 1.44. The molecule has 2 heterocycles. The minimum atomic E-state index is -0.280. The van der Waals surface area contributed by atoms with Crippen molar-refractivity contribution in [3.05, 3.63) is 47.4 Å². The number of aromatic nitrogens is 2. The molecule has 1 aromatic heterocycles. The number of anilines is 1. The molecule has 1 atom stereocenters. The number of benzene rings is 1. The van der Waals surface area contributed by atoms with Crippen molar-refractivity contribution < 1.29 is 14.3 Å². The summed E-state index contributed by atoms with van der Waals surface area (Å²) in [4.78, 5) is 25.3. The van der Waals surface area contributed by atoms with E-state index in [1.807, 2.05) is 22.8 Å². The minimum Gasteiger partial charge on any atom is -0.493 e. The smallest absolute Gasteiger partial charge is 0.318 e. The number of halogens is 1. The highest BCUT2D eigenvalue weighted by atomic mass is 19.1. The number of piperidine rings is 1. The molecule has 2 fully saturated rings. The van der Waals surface area contributed by atoms with E-state index in [4.69, 9.17) is 0 Å².